The van der Waals surface area contributed by atoms with Crippen molar-refractivity contribution < 1.29 is 28.2 Å². The highest BCUT2D eigenvalue weighted by molar-refractivity contribution is 6.06. The van der Waals surface area contributed by atoms with Gasteiger partial charge in [0.15, 0.2) is 0 Å². The van der Waals surface area contributed by atoms with Crippen LogP contribution in [0.3, 0.4) is 0 Å². The number of carbonyl (C=O) groups excluding carboxylic acids is 2. The molecule has 0 saturated heterocycles. The summed E-state index contributed by atoms with van der Waals surface area (Å²) >= 11 is 0. The lowest BCUT2D eigenvalue weighted by atomic mass is 10.1. The second kappa shape index (κ2) is 8.22. The Morgan fingerprint density at radius 1 is 1.07 bits per heavy atom. The first-order chi connectivity index (χ1) is 13.4. The molecule has 0 fully saturated rings. The molecular weight excluding hydrogens is 365 g/mol. The van der Waals surface area contributed by atoms with Crippen molar-refractivity contribution in [1.82, 2.24) is 4.57 Å². The minimum absolute atomic E-state index is 0.132. The van der Waals surface area contributed by atoms with Crippen LogP contribution in [0.15, 0.2) is 42.5 Å². The smallest absolute Gasteiger partial charge is 0.346 e. The normalized spacial score (nSPS) is 10.9. The summed E-state index contributed by atoms with van der Waals surface area (Å²) in [6.07, 6.45) is 0. The number of hydrogen-bond donors (Lipinski definition) is 0. The predicted molar refractivity (Wildman–Crippen MR) is 101 cm³/mol. The fraction of sp³-hybridized carbons (Fsp3) is 0.238. The van der Waals surface area contributed by atoms with Crippen molar-refractivity contribution in [2.75, 3.05) is 20.3 Å². The van der Waals surface area contributed by atoms with Crippen LogP contribution >= 0.6 is 0 Å². The van der Waals surface area contributed by atoms with Gasteiger partial charge in [-0.3, -0.25) is 0 Å². The molecule has 0 radical (unpaired) electrons. The molecule has 0 aliphatic heterocycles. The van der Waals surface area contributed by atoms with Gasteiger partial charge in [-0.25, -0.2) is 14.0 Å². The van der Waals surface area contributed by atoms with Crippen LogP contribution in [0.5, 0.6) is 5.75 Å². The number of fused-ring (bicyclic) bond motifs is 1. The van der Waals surface area contributed by atoms with Crippen LogP contribution in [0.25, 0.3) is 10.9 Å². The maximum absolute atomic E-state index is 13.8. The minimum atomic E-state index is -0.811. The van der Waals surface area contributed by atoms with Gasteiger partial charge in [-0.1, -0.05) is 12.1 Å². The first kappa shape index (κ1) is 19.6. The third-order valence-electron chi connectivity index (χ3n) is 4.49. The lowest BCUT2D eigenvalue weighted by Gasteiger charge is -2.07. The van der Waals surface area contributed by atoms with E-state index in [2.05, 4.69) is 0 Å². The molecule has 146 valence electrons. The number of aromatic nitrogens is 1. The van der Waals surface area contributed by atoms with Crippen molar-refractivity contribution in [3.8, 4) is 5.75 Å². The highest BCUT2D eigenvalue weighted by atomic mass is 19.1. The summed E-state index contributed by atoms with van der Waals surface area (Å²) in [6.45, 7) is 2.23. The molecule has 3 rings (SSSR count). The fourth-order valence-corrected chi connectivity index (χ4v) is 2.95. The molecule has 0 N–H and O–H groups in total. The molecule has 0 aliphatic carbocycles. The molecule has 1 heterocycles. The van der Waals surface area contributed by atoms with E-state index >= 15 is 0 Å². The Morgan fingerprint density at radius 2 is 1.82 bits per heavy atom. The molecule has 7 heteroatoms. The largest absolute Gasteiger partial charge is 0.460 e. The number of benzene rings is 2. The number of esters is 2. The lowest BCUT2D eigenvalue weighted by molar-refractivity contribution is 0.0389. The maximum Gasteiger partial charge on any atom is 0.346 e. The average molecular weight is 385 g/mol. The van der Waals surface area contributed by atoms with Gasteiger partial charge in [-0.15, -0.1) is 0 Å². The summed E-state index contributed by atoms with van der Waals surface area (Å²) in [6, 6.07) is 10.5. The van der Waals surface area contributed by atoms with Crippen LogP contribution < -0.4 is 4.74 Å². The molecule has 6 nitrogen and oxygen atoms in total. The van der Waals surface area contributed by atoms with Crippen molar-refractivity contribution in [3.63, 3.8) is 0 Å². The third-order valence-corrected chi connectivity index (χ3v) is 4.49. The van der Waals surface area contributed by atoms with Crippen molar-refractivity contribution in [3.05, 3.63) is 65.1 Å². The molecular formula is C21H20FNO5. The summed E-state index contributed by atoms with van der Waals surface area (Å²) < 4.78 is 31.1. The first-order valence-electron chi connectivity index (χ1n) is 8.66. The highest BCUT2D eigenvalue weighted by Crippen LogP contribution is 2.29. The number of rotatable bonds is 6. The maximum atomic E-state index is 13.8. The van der Waals surface area contributed by atoms with E-state index in [0.717, 1.165) is 11.2 Å². The molecule has 3 aromatic rings. The van der Waals surface area contributed by atoms with Crippen molar-refractivity contribution in [1.29, 1.82) is 0 Å². The summed E-state index contributed by atoms with van der Waals surface area (Å²) in [5.41, 5.74) is 1.72. The zero-order valence-electron chi connectivity index (χ0n) is 15.8. The van der Waals surface area contributed by atoms with Gasteiger partial charge in [-0.2, -0.15) is 0 Å². The Balaban J connectivity index is 1.94. The second-order valence-corrected chi connectivity index (χ2v) is 6.20. The molecule has 0 saturated carbocycles. The van der Waals surface area contributed by atoms with E-state index in [-0.39, 0.29) is 17.9 Å². The van der Waals surface area contributed by atoms with E-state index in [1.54, 1.807) is 31.2 Å². The van der Waals surface area contributed by atoms with Crippen molar-refractivity contribution in [2.45, 2.75) is 6.92 Å². The number of nitrogens with zero attached hydrogens (tertiary/aromatic N) is 1. The first-order valence-corrected chi connectivity index (χ1v) is 8.66. The van der Waals surface area contributed by atoms with Gasteiger partial charge >= 0.3 is 11.9 Å². The number of methoxy groups -OCH3 is 1. The third kappa shape index (κ3) is 3.75. The van der Waals surface area contributed by atoms with Gasteiger partial charge in [0.2, 0.25) is 0 Å². The van der Waals surface area contributed by atoms with E-state index in [1.807, 2.05) is 11.6 Å². The predicted octanol–water partition coefficient (Wildman–Crippen LogP) is 3.65. The minimum Gasteiger partial charge on any atom is -0.460 e. The Morgan fingerprint density at radius 3 is 2.54 bits per heavy atom. The molecule has 2 aromatic carbocycles. The zero-order chi connectivity index (χ0) is 20.3. The van der Waals surface area contributed by atoms with Crippen LogP contribution in [0, 0.1) is 12.7 Å². The number of halogens is 1. The standard InChI is InChI=1S/C21H20FNO5/c1-13-19(21(25)27-11-10-26-3)16-12-14(8-9-18(16)23(13)2)28-20(24)15-6-4-5-7-17(15)22/h4-9,12H,10-11H2,1-3H3. The summed E-state index contributed by atoms with van der Waals surface area (Å²) in [5.74, 6) is -1.75. The van der Waals surface area contributed by atoms with Crippen LogP contribution in [0.1, 0.15) is 26.4 Å². The van der Waals surface area contributed by atoms with Crippen LogP contribution in [-0.2, 0) is 16.5 Å². The van der Waals surface area contributed by atoms with E-state index in [4.69, 9.17) is 14.2 Å². The van der Waals surface area contributed by atoms with Gasteiger partial charge in [0.25, 0.3) is 0 Å². The second-order valence-electron chi connectivity index (χ2n) is 6.20. The topological polar surface area (TPSA) is 66.8 Å². The number of hydrogen-bond acceptors (Lipinski definition) is 5. The SMILES string of the molecule is COCCOC(=O)c1c(C)n(C)c2ccc(OC(=O)c3ccccc3F)cc12. The van der Waals surface area contributed by atoms with Crippen LogP contribution in [0.2, 0.25) is 0 Å². The van der Waals surface area contributed by atoms with Crippen LogP contribution in [0.4, 0.5) is 4.39 Å². The molecule has 0 amide bonds. The molecule has 0 spiro atoms. The quantitative estimate of drug-likeness (QED) is 0.368. The Hall–Kier alpha value is -3.19. The number of carbonyl (C=O) groups is 2. The van der Waals surface area contributed by atoms with Gasteiger partial charge in [0.1, 0.15) is 18.2 Å². The molecule has 0 aliphatic rings. The summed E-state index contributed by atoms with van der Waals surface area (Å²) in [4.78, 5) is 24.8. The monoisotopic (exact) mass is 385 g/mol. The van der Waals surface area contributed by atoms with Gasteiger partial charge in [0, 0.05) is 30.8 Å². The fourth-order valence-electron chi connectivity index (χ4n) is 2.95. The van der Waals surface area contributed by atoms with Crippen molar-refractivity contribution in [2.24, 2.45) is 7.05 Å². The highest BCUT2D eigenvalue weighted by Gasteiger charge is 2.21. The number of aryl methyl sites for hydroxylation is 1. The average Bonchev–Trinajstić information content (AvgIpc) is 2.92. The van der Waals surface area contributed by atoms with E-state index < -0.39 is 17.8 Å². The van der Waals surface area contributed by atoms with E-state index in [9.17, 15) is 14.0 Å². The summed E-state index contributed by atoms with van der Waals surface area (Å²) in [7, 11) is 3.35. The summed E-state index contributed by atoms with van der Waals surface area (Å²) in [5, 5.41) is 0.584. The molecule has 28 heavy (non-hydrogen) atoms. The molecule has 0 atom stereocenters. The molecule has 0 unspecified atom stereocenters. The number of ether oxygens (including phenoxy) is 3. The Labute approximate surface area is 161 Å². The van der Waals surface area contributed by atoms with Crippen molar-refractivity contribution >= 4 is 22.8 Å². The zero-order valence-corrected chi connectivity index (χ0v) is 15.8. The van der Waals surface area contributed by atoms with E-state index in [0.29, 0.717) is 17.6 Å². The lowest BCUT2D eigenvalue weighted by Crippen LogP contribution is -2.11. The van der Waals surface area contributed by atoms with E-state index in [1.165, 1.54) is 25.3 Å². The van der Waals surface area contributed by atoms with Gasteiger partial charge in [-0.05, 0) is 37.3 Å². The Bertz CT molecular complexity index is 1040. The van der Waals surface area contributed by atoms with Gasteiger partial charge < -0.3 is 18.8 Å². The van der Waals surface area contributed by atoms with Gasteiger partial charge in [0.05, 0.1) is 17.7 Å². The van der Waals surface area contributed by atoms with Crippen LogP contribution in [-0.4, -0.2) is 36.8 Å². The molecule has 0 bridgehead atoms. The Kier molecular flexibility index (Phi) is 5.75. The molecule has 1 aromatic heterocycles.